The summed E-state index contributed by atoms with van der Waals surface area (Å²) in [6, 6.07) is 10.1. The molecule has 1 unspecified atom stereocenters. The zero-order valence-corrected chi connectivity index (χ0v) is 18.7. The van der Waals surface area contributed by atoms with Crippen LogP contribution in [0, 0.1) is 11.6 Å². The van der Waals surface area contributed by atoms with Crippen molar-refractivity contribution >= 4 is 11.6 Å². The van der Waals surface area contributed by atoms with Gasteiger partial charge in [0.05, 0.1) is 6.04 Å². The van der Waals surface area contributed by atoms with Crippen molar-refractivity contribution in [3.8, 4) is 11.4 Å². The van der Waals surface area contributed by atoms with Gasteiger partial charge in [0, 0.05) is 55.8 Å². The third-order valence-corrected chi connectivity index (χ3v) is 5.81. The lowest BCUT2D eigenvalue weighted by Gasteiger charge is -2.36. The summed E-state index contributed by atoms with van der Waals surface area (Å²) in [7, 11) is 2.08. The molecule has 9 heteroatoms. The topological polar surface area (TPSA) is 74.5 Å². The number of aryl methyl sites for hydroxylation is 1. The van der Waals surface area contributed by atoms with Gasteiger partial charge in [0.2, 0.25) is 17.6 Å². The fourth-order valence-corrected chi connectivity index (χ4v) is 3.89. The maximum Gasteiger partial charge on any atom is 0.227 e. The fourth-order valence-electron chi connectivity index (χ4n) is 3.89. The van der Waals surface area contributed by atoms with Crippen LogP contribution >= 0.6 is 0 Å². The minimum Gasteiger partial charge on any atom is -0.369 e. The molecule has 1 aliphatic rings. The Hall–Kier alpha value is -3.33. The van der Waals surface area contributed by atoms with Crippen LogP contribution in [0.4, 0.5) is 14.5 Å². The second-order valence-corrected chi connectivity index (χ2v) is 8.30. The van der Waals surface area contributed by atoms with Crippen molar-refractivity contribution in [3.63, 3.8) is 0 Å². The fraction of sp³-hybridized carbons (Fsp3) is 0.375. The first-order valence-electron chi connectivity index (χ1n) is 11.0. The number of nitrogens with zero attached hydrogens (tertiary/aromatic N) is 4. The van der Waals surface area contributed by atoms with Crippen LogP contribution < -0.4 is 10.2 Å². The number of benzene rings is 2. The van der Waals surface area contributed by atoms with Crippen molar-refractivity contribution in [2.45, 2.75) is 25.8 Å². The lowest BCUT2D eigenvalue weighted by molar-refractivity contribution is -0.121. The summed E-state index contributed by atoms with van der Waals surface area (Å²) < 4.78 is 32.3. The van der Waals surface area contributed by atoms with E-state index in [1.54, 1.807) is 18.2 Å². The standard InChI is InChI=1S/C24H27F2N5O2/c1-16(20-15-19(26)7-8-21(20)31-13-11-30(2)12-14-31)27-22(32)9-10-23-28-24(29-33-23)17-3-5-18(25)6-4-17/h3-8,15-16H,9-14H2,1-2H3,(H,27,32). The van der Waals surface area contributed by atoms with E-state index in [1.807, 2.05) is 6.92 Å². The maximum atomic E-state index is 14.0. The third-order valence-electron chi connectivity index (χ3n) is 5.81. The molecule has 0 spiro atoms. The second-order valence-electron chi connectivity index (χ2n) is 8.30. The Bertz CT molecular complexity index is 1090. The monoisotopic (exact) mass is 455 g/mol. The molecule has 1 aromatic heterocycles. The van der Waals surface area contributed by atoms with Crippen molar-refractivity contribution in [1.29, 1.82) is 0 Å². The van der Waals surface area contributed by atoms with Crippen LogP contribution in [-0.4, -0.2) is 54.2 Å². The van der Waals surface area contributed by atoms with Crippen molar-refractivity contribution in [2.24, 2.45) is 0 Å². The zero-order valence-electron chi connectivity index (χ0n) is 18.7. The van der Waals surface area contributed by atoms with Gasteiger partial charge in [-0.3, -0.25) is 4.79 Å². The number of aromatic nitrogens is 2. The average Bonchev–Trinajstić information content (AvgIpc) is 3.28. The van der Waals surface area contributed by atoms with Gasteiger partial charge in [-0.15, -0.1) is 0 Å². The van der Waals surface area contributed by atoms with Crippen LogP contribution in [0.25, 0.3) is 11.4 Å². The number of hydrogen-bond acceptors (Lipinski definition) is 6. The highest BCUT2D eigenvalue weighted by Crippen LogP contribution is 2.28. The molecule has 1 N–H and O–H groups in total. The predicted molar refractivity (Wildman–Crippen MR) is 121 cm³/mol. The lowest BCUT2D eigenvalue weighted by Crippen LogP contribution is -2.45. The molecule has 2 heterocycles. The van der Waals surface area contributed by atoms with Crippen molar-refractivity contribution < 1.29 is 18.1 Å². The Morgan fingerprint density at radius 2 is 1.79 bits per heavy atom. The molecule has 1 aliphatic heterocycles. The molecule has 1 saturated heterocycles. The first kappa shape index (κ1) is 22.8. The number of likely N-dealkylation sites (N-methyl/N-ethyl adjacent to an activating group) is 1. The van der Waals surface area contributed by atoms with E-state index in [2.05, 4.69) is 32.3 Å². The Morgan fingerprint density at radius 3 is 2.52 bits per heavy atom. The molecule has 174 valence electrons. The summed E-state index contributed by atoms with van der Waals surface area (Å²) in [5.74, 6) is -0.209. The smallest absolute Gasteiger partial charge is 0.227 e. The number of piperazine rings is 1. The molecule has 7 nitrogen and oxygen atoms in total. The zero-order chi connectivity index (χ0) is 23.4. The van der Waals surface area contributed by atoms with Crippen LogP contribution in [0.1, 0.15) is 30.8 Å². The SMILES string of the molecule is CC(NC(=O)CCc1nc(-c2ccc(F)cc2)no1)c1cc(F)ccc1N1CCN(C)CC1. The van der Waals surface area contributed by atoms with Gasteiger partial charge in [-0.25, -0.2) is 8.78 Å². The Kier molecular flexibility index (Phi) is 6.98. The van der Waals surface area contributed by atoms with Crippen LogP contribution in [0.15, 0.2) is 47.0 Å². The maximum absolute atomic E-state index is 14.0. The van der Waals surface area contributed by atoms with Crippen LogP contribution in [-0.2, 0) is 11.2 Å². The minimum atomic E-state index is -0.361. The lowest BCUT2D eigenvalue weighted by atomic mass is 10.0. The summed E-state index contributed by atoms with van der Waals surface area (Å²) in [5.41, 5.74) is 2.33. The largest absolute Gasteiger partial charge is 0.369 e. The molecule has 2 aromatic carbocycles. The Morgan fingerprint density at radius 1 is 1.09 bits per heavy atom. The quantitative estimate of drug-likeness (QED) is 0.587. The number of anilines is 1. The van der Waals surface area contributed by atoms with Crippen molar-refractivity contribution in [1.82, 2.24) is 20.4 Å². The number of nitrogens with one attached hydrogen (secondary N) is 1. The highest BCUT2D eigenvalue weighted by atomic mass is 19.1. The molecule has 4 rings (SSSR count). The van der Waals surface area contributed by atoms with E-state index in [4.69, 9.17) is 4.52 Å². The first-order valence-corrected chi connectivity index (χ1v) is 11.0. The third kappa shape index (κ3) is 5.73. The molecule has 0 saturated carbocycles. The Labute approximate surface area is 191 Å². The number of hydrogen-bond donors (Lipinski definition) is 1. The Balaban J connectivity index is 1.36. The number of carbonyl (C=O) groups is 1. The van der Waals surface area contributed by atoms with Gasteiger partial charge in [0.1, 0.15) is 11.6 Å². The first-order chi connectivity index (χ1) is 15.9. The van der Waals surface area contributed by atoms with Gasteiger partial charge >= 0.3 is 0 Å². The van der Waals surface area contributed by atoms with Crippen LogP contribution in [0.3, 0.4) is 0 Å². The molecule has 0 aliphatic carbocycles. The molecular weight excluding hydrogens is 428 g/mol. The summed E-state index contributed by atoms with van der Waals surface area (Å²) in [6.45, 7) is 5.42. The average molecular weight is 456 g/mol. The van der Waals surface area contributed by atoms with E-state index in [1.165, 1.54) is 24.3 Å². The van der Waals surface area contributed by atoms with E-state index in [9.17, 15) is 13.6 Å². The van der Waals surface area contributed by atoms with E-state index in [0.29, 0.717) is 17.3 Å². The van der Waals surface area contributed by atoms with Gasteiger partial charge in [-0.2, -0.15) is 4.98 Å². The number of amides is 1. The van der Waals surface area contributed by atoms with E-state index >= 15 is 0 Å². The molecular formula is C24H27F2N5O2. The molecule has 33 heavy (non-hydrogen) atoms. The van der Waals surface area contributed by atoms with Crippen molar-refractivity contribution in [3.05, 3.63) is 65.6 Å². The van der Waals surface area contributed by atoms with Gasteiger partial charge in [0.15, 0.2) is 0 Å². The van der Waals surface area contributed by atoms with Gasteiger partial charge in [0.25, 0.3) is 0 Å². The molecule has 0 bridgehead atoms. The summed E-state index contributed by atoms with van der Waals surface area (Å²) in [5, 5.41) is 6.84. The number of halogens is 2. The summed E-state index contributed by atoms with van der Waals surface area (Å²) in [6.07, 6.45) is 0.412. The number of carbonyl (C=O) groups excluding carboxylic acids is 1. The van der Waals surface area contributed by atoms with Gasteiger partial charge in [-0.05, 0) is 56.4 Å². The highest BCUT2D eigenvalue weighted by Gasteiger charge is 2.21. The van der Waals surface area contributed by atoms with Crippen LogP contribution in [0.2, 0.25) is 0 Å². The molecule has 3 aromatic rings. The summed E-state index contributed by atoms with van der Waals surface area (Å²) >= 11 is 0. The molecule has 1 atom stereocenters. The highest BCUT2D eigenvalue weighted by molar-refractivity contribution is 5.77. The van der Waals surface area contributed by atoms with Gasteiger partial charge in [-0.1, -0.05) is 5.16 Å². The van der Waals surface area contributed by atoms with E-state index in [0.717, 1.165) is 37.4 Å². The normalized spacial score (nSPS) is 15.5. The molecule has 1 fully saturated rings. The number of rotatable bonds is 7. The van der Waals surface area contributed by atoms with Crippen molar-refractivity contribution in [2.75, 3.05) is 38.1 Å². The van der Waals surface area contributed by atoms with E-state index in [-0.39, 0.29) is 36.4 Å². The van der Waals surface area contributed by atoms with Crippen LogP contribution in [0.5, 0.6) is 0 Å². The molecule has 1 amide bonds. The van der Waals surface area contributed by atoms with E-state index < -0.39 is 0 Å². The molecule has 0 radical (unpaired) electrons. The second kappa shape index (κ2) is 10.1. The predicted octanol–water partition coefficient (Wildman–Crippen LogP) is 3.58. The van der Waals surface area contributed by atoms with Gasteiger partial charge < -0.3 is 19.6 Å². The minimum absolute atomic E-state index is 0.147. The summed E-state index contributed by atoms with van der Waals surface area (Å²) in [4.78, 5) is 21.3.